The molecule has 0 saturated carbocycles. The predicted octanol–water partition coefficient (Wildman–Crippen LogP) is 2.54. The Hall–Kier alpha value is -1.59. The van der Waals surface area contributed by atoms with E-state index >= 15 is 0 Å². The van der Waals surface area contributed by atoms with Crippen molar-refractivity contribution in [1.29, 1.82) is 0 Å². The number of aliphatic hydroxyl groups excluding tert-OH is 1. The van der Waals surface area contributed by atoms with Gasteiger partial charge in [0.15, 0.2) is 0 Å². The van der Waals surface area contributed by atoms with Gasteiger partial charge in [-0.15, -0.1) is 0 Å². The number of hydrogen-bond acceptors (Lipinski definition) is 4. The number of nitrogens with zero attached hydrogens (tertiary/aromatic N) is 2. The molecule has 5 heteroatoms. The van der Waals surface area contributed by atoms with Crippen LogP contribution < -0.4 is 4.74 Å². The zero-order valence-corrected chi connectivity index (χ0v) is 15.4. The van der Waals surface area contributed by atoms with E-state index in [0.29, 0.717) is 6.04 Å². The first-order valence-electron chi connectivity index (χ1n) is 9.51. The summed E-state index contributed by atoms with van der Waals surface area (Å²) in [4.78, 5) is 17.1. The van der Waals surface area contributed by atoms with E-state index in [0.717, 1.165) is 63.2 Å². The standard InChI is InChI=1S/C20H30N2O3/c1-15(2)25-19-7-5-16(6-8-19)20(24)21-12-9-17(10-13-21)22-11-3-4-18(23)14-22/h5-8,15,17-18,23H,3-4,9-14H2,1-2H3. The summed E-state index contributed by atoms with van der Waals surface area (Å²) in [6.45, 7) is 7.43. The molecule has 1 atom stereocenters. The van der Waals surface area contributed by atoms with Gasteiger partial charge in [-0.3, -0.25) is 9.69 Å². The third-order valence-corrected chi connectivity index (χ3v) is 5.17. The SMILES string of the molecule is CC(C)Oc1ccc(C(=O)N2CCC(N3CCCC(O)C3)CC2)cc1. The highest BCUT2D eigenvalue weighted by atomic mass is 16.5. The summed E-state index contributed by atoms with van der Waals surface area (Å²) in [5, 5.41) is 9.86. The highest BCUT2D eigenvalue weighted by Crippen LogP contribution is 2.23. The van der Waals surface area contributed by atoms with Crippen molar-refractivity contribution in [1.82, 2.24) is 9.80 Å². The number of ether oxygens (including phenoxy) is 1. The lowest BCUT2D eigenvalue weighted by Crippen LogP contribution is -2.50. The summed E-state index contributed by atoms with van der Waals surface area (Å²) in [5.41, 5.74) is 0.725. The second-order valence-electron chi connectivity index (χ2n) is 7.51. The molecule has 138 valence electrons. The van der Waals surface area contributed by atoms with Crippen LogP contribution in [0.1, 0.15) is 49.9 Å². The molecule has 2 heterocycles. The van der Waals surface area contributed by atoms with E-state index in [1.54, 1.807) is 0 Å². The molecule has 0 aliphatic carbocycles. The smallest absolute Gasteiger partial charge is 0.253 e. The van der Waals surface area contributed by atoms with Gasteiger partial charge >= 0.3 is 0 Å². The van der Waals surface area contributed by atoms with Gasteiger partial charge in [0.25, 0.3) is 5.91 Å². The number of amides is 1. The van der Waals surface area contributed by atoms with E-state index in [1.807, 2.05) is 43.0 Å². The number of benzene rings is 1. The molecule has 0 radical (unpaired) electrons. The Kier molecular flexibility index (Phi) is 5.97. The minimum absolute atomic E-state index is 0.105. The van der Waals surface area contributed by atoms with E-state index in [1.165, 1.54) is 0 Å². The van der Waals surface area contributed by atoms with Gasteiger partial charge in [-0.1, -0.05) is 0 Å². The minimum Gasteiger partial charge on any atom is -0.491 e. The van der Waals surface area contributed by atoms with Crippen molar-refractivity contribution in [3.8, 4) is 5.75 Å². The van der Waals surface area contributed by atoms with E-state index < -0.39 is 0 Å². The minimum atomic E-state index is -0.181. The monoisotopic (exact) mass is 346 g/mol. The average molecular weight is 346 g/mol. The van der Waals surface area contributed by atoms with Gasteiger partial charge < -0.3 is 14.7 Å². The third-order valence-electron chi connectivity index (χ3n) is 5.17. The highest BCUT2D eigenvalue weighted by Gasteiger charge is 2.29. The lowest BCUT2D eigenvalue weighted by molar-refractivity contribution is 0.0241. The molecule has 2 aliphatic rings. The van der Waals surface area contributed by atoms with Crippen molar-refractivity contribution in [3.05, 3.63) is 29.8 Å². The fraction of sp³-hybridized carbons (Fsp3) is 0.650. The molecule has 2 fully saturated rings. The van der Waals surface area contributed by atoms with E-state index in [2.05, 4.69) is 4.90 Å². The van der Waals surface area contributed by atoms with Crippen molar-refractivity contribution in [2.45, 2.75) is 57.8 Å². The number of likely N-dealkylation sites (tertiary alicyclic amines) is 2. The quantitative estimate of drug-likeness (QED) is 0.910. The van der Waals surface area contributed by atoms with Crippen LogP contribution in [0.5, 0.6) is 5.75 Å². The van der Waals surface area contributed by atoms with E-state index in [-0.39, 0.29) is 18.1 Å². The second kappa shape index (κ2) is 8.19. The Bertz CT molecular complexity index is 565. The molecule has 1 N–H and O–H groups in total. The van der Waals surface area contributed by atoms with Crippen LogP contribution in [0.15, 0.2) is 24.3 Å². The fourth-order valence-corrected chi connectivity index (χ4v) is 3.88. The van der Waals surface area contributed by atoms with Crippen LogP contribution in [0.3, 0.4) is 0 Å². The van der Waals surface area contributed by atoms with Gasteiger partial charge in [0.05, 0.1) is 12.2 Å². The summed E-state index contributed by atoms with van der Waals surface area (Å²) in [6.07, 6.45) is 3.93. The van der Waals surface area contributed by atoms with Gasteiger partial charge in [-0.25, -0.2) is 0 Å². The molecule has 3 rings (SSSR count). The molecule has 1 unspecified atom stereocenters. The summed E-state index contributed by atoms with van der Waals surface area (Å²) in [7, 11) is 0. The first-order valence-corrected chi connectivity index (χ1v) is 9.51. The molecular formula is C20H30N2O3. The summed E-state index contributed by atoms with van der Waals surface area (Å²) >= 11 is 0. The van der Waals surface area contributed by atoms with Crippen LogP contribution in [-0.2, 0) is 0 Å². The summed E-state index contributed by atoms with van der Waals surface area (Å²) < 4.78 is 5.63. The maximum Gasteiger partial charge on any atom is 0.253 e. The Balaban J connectivity index is 1.52. The normalized spacial score (nSPS) is 23.0. The van der Waals surface area contributed by atoms with Gasteiger partial charge in [-0.2, -0.15) is 0 Å². The molecule has 1 aromatic rings. The topological polar surface area (TPSA) is 53.0 Å². The van der Waals surface area contributed by atoms with Crippen LogP contribution in [-0.4, -0.2) is 65.2 Å². The van der Waals surface area contributed by atoms with E-state index in [4.69, 9.17) is 4.74 Å². The molecule has 25 heavy (non-hydrogen) atoms. The predicted molar refractivity (Wildman–Crippen MR) is 97.9 cm³/mol. The summed E-state index contributed by atoms with van der Waals surface area (Å²) in [5.74, 6) is 0.905. The fourth-order valence-electron chi connectivity index (χ4n) is 3.88. The van der Waals surface area contributed by atoms with Crippen LogP contribution >= 0.6 is 0 Å². The lowest BCUT2D eigenvalue weighted by atomic mass is 9.98. The van der Waals surface area contributed by atoms with Crippen molar-refractivity contribution < 1.29 is 14.6 Å². The van der Waals surface area contributed by atoms with Crippen LogP contribution in [0.25, 0.3) is 0 Å². The Morgan fingerprint density at radius 1 is 1.12 bits per heavy atom. The van der Waals surface area contributed by atoms with Crippen LogP contribution in [0.2, 0.25) is 0 Å². The molecule has 0 spiro atoms. The van der Waals surface area contributed by atoms with Gasteiger partial charge in [-0.05, 0) is 70.3 Å². The molecule has 5 nitrogen and oxygen atoms in total. The number of aliphatic hydroxyl groups is 1. The lowest BCUT2D eigenvalue weighted by Gasteiger charge is -2.41. The van der Waals surface area contributed by atoms with Crippen molar-refractivity contribution in [2.24, 2.45) is 0 Å². The number of piperidine rings is 2. The van der Waals surface area contributed by atoms with Crippen LogP contribution in [0.4, 0.5) is 0 Å². The number of rotatable bonds is 4. The average Bonchev–Trinajstić information content (AvgIpc) is 2.61. The Morgan fingerprint density at radius 2 is 1.80 bits per heavy atom. The Labute approximate surface area is 150 Å². The number of hydrogen-bond donors (Lipinski definition) is 1. The maximum absolute atomic E-state index is 12.7. The third kappa shape index (κ3) is 4.73. The zero-order chi connectivity index (χ0) is 17.8. The highest BCUT2D eigenvalue weighted by molar-refractivity contribution is 5.94. The first kappa shape index (κ1) is 18.2. The largest absolute Gasteiger partial charge is 0.491 e. The molecule has 1 aromatic carbocycles. The van der Waals surface area contributed by atoms with E-state index in [9.17, 15) is 9.90 Å². The number of β-amino-alcohol motifs (C(OH)–C–C–N with tert-alkyl or cyclic N) is 1. The maximum atomic E-state index is 12.7. The molecule has 1 amide bonds. The molecule has 2 aliphatic heterocycles. The first-order chi connectivity index (χ1) is 12.0. The molecular weight excluding hydrogens is 316 g/mol. The number of carbonyl (C=O) groups is 1. The van der Waals surface area contributed by atoms with Crippen molar-refractivity contribution in [3.63, 3.8) is 0 Å². The van der Waals surface area contributed by atoms with Gasteiger partial charge in [0.2, 0.25) is 0 Å². The summed E-state index contributed by atoms with van der Waals surface area (Å²) in [6, 6.07) is 7.95. The van der Waals surface area contributed by atoms with Gasteiger partial charge in [0, 0.05) is 31.2 Å². The number of carbonyl (C=O) groups excluding carboxylic acids is 1. The molecule has 2 saturated heterocycles. The van der Waals surface area contributed by atoms with Crippen LogP contribution in [0, 0.1) is 0 Å². The van der Waals surface area contributed by atoms with Crippen molar-refractivity contribution in [2.75, 3.05) is 26.2 Å². The molecule has 0 bridgehead atoms. The Morgan fingerprint density at radius 3 is 2.40 bits per heavy atom. The second-order valence-corrected chi connectivity index (χ2v) is 7.51. The zero-order valence-electron chi connectivity index (χ0n) is 15.4. The van der Waals surface area contributed by atoms with Gasteiger partial charge in [0.1, 0.15) is 5.75 Å². The van der Waals surface area contributed by atoms with Crippen molar-refractivity contribution >= 4 is 5.91 Å². The molecule has 0 aromatic heterocycles.